The van der Waals surface area contributed by atoms with E-state index in [9.17, 15) is 0 Å². The third-order valence-electron chi connectivity index (χ3n) is 2.73. The van der Waals surface area contributed by atoms with Gasteiger partial charge in [0.15, 0.2) is 0 Å². The third-order valence-corrected chi connectivity index (χ3v) is 4.42. The summed E-state index contributed by atoms with van der Waals surface area (Å²) in [7, 11) is 0. The standard InChI is InChI=1S/C14H12BrN3S/c15-10-5-12(19-9-10)8-16-6-11-7-17-13-3-1-2-4-14(13)18-11/h1-5,7,9,16H,6,8H2. The van der Waals surface area contributed by atoms with Crippen molar-refractivity contribution in [1.82, 2.24) is 15.3 Å². The number of rotatable bonds is 4. The number of benzene rings is 1. The maximum atomic E-state index is 4.58. The van der Waals surface area contributed by atoms with Crippen LogP contribution < -0.4 is 5.32 Å². The number of halogens is 1. The first-order valence-corrected chi connectivity index (χ1v) is 7.63. The average molecular weight is 334 g/mol. The van der Waals surface area contributed by atoms with E-state index in [1.54, 1.807) is 11.3 Å². The molecule has 0 atom stereocenters. The molecular weight excluding hydrogens is 322 g/mol. The Labute approximate surface area is 123 Å². The number of nitrogens with one attached hydrogen (secondary N) is 1. The molecule has 0 spiro atoms. The van der Waals surface area contributed by atoms with Crippen LogP contribution in [0, 0.1) is 0 Å². The minimum atomic E-state index is 0.730. The molecule has 0 fully saturated rings. The SMILES string of the molecule is Brc1csc(CNCc2cnc3ccccc3n2)c1. The van der Waals surface area contributed by atoms with E-state index < -0.39 is 0 Å². The zero-order valence-electron chi connectivity index (χ0n) is 10.1. The first-order valence-electron chi connectivity index (χ1n) is 5.95. The van der Waals surface area contributed by atoms with Gasteiger partial charge in [0.05, 0.1) is 22.9 Å². The molecule has 0 saturated heterocycles. The molecule has 0 amide bonds. The molecule has 19 heavy (non-hydrogen) atoms. The Morgan fingerprint density at radius 2 is 2.00 bits per heavy atom. The lowest BCUT2D eigenvalue weighted by atomic mass is 10.3. The predicted octanol–water partition coefficient (Wildman–Crippen LogP) is 3.74. The predicted molar refractivity (Wildman–Crippen MR) is 82.1 cm³/mol. The summed E-state index contributed by atoms with van der Waals surface area (Å²) in [5.41, 5.74) is 2.85. The summed E-state index contributed by atoms with van der Waals surface area (Å²) in [6.07, 6.45) is 1.83. The molecule has 0 bridgehead atoms. The Kier molecular flexibility index (Phi) is 3.87. The topological polar surface area (TPSA) is 37.8 Å². The first kappa shape index (κ1) is 12.7. The van der Waals surface area contributed by atoms with Crippen LogP contribution in [0.25, 0.3) is 11.0 Å². The maximum absolute atomic E-state index is 4.58. The summed E-state index contributed by atoms with van der Waals surface area (Å²) in [6.45, 7) is 1.58. The maximum Gasteiger partial charge on any atom is 0.0890 e. The highest BCUT2D eigenvalue weighted by Crippen LogP contribution is 2.19. The van der Waals surface area contributed by atoms with Crippen LogP contribution in [0.2, 0.25) is 0 Å². The van der Waals surface area contributed by atoms with E-state index in [0.717, 1.165) is 34.3 Å². The fraction of sp³-hybridized carbons (Fsp3) is 0.143. The average Bonchev–Trinajstić information content (AvgIpc) is 2.84. The monoisotopic (exact) mass is 333 g/mol. The van der Waals surface area contributed by atoms with Crippen molar-refractivity contribution in [3.8, 4) is 0 Å². The van der Waals surface area contributed by atoms with Crippen molar-refractivity contribution in [3.05, 3.63) is 57.0 Å². The number of para-hydroxylation sites is 2. The van der Waals surface area contributed by atoms with Crippen molar-refractivity contribution in [2.75, 3.05) is 0 Å². The lowest BCUT2D eigenvalue weighted by Crippen LogP contribution is -2.13. The summed E-state index contributed by atoms with van der Waals surface area (Å²) in [5, 5.41) is 5.47. The molecule has 2 aromatic heterocycles. The van der Waals surface area contributed by atoms with E-state index in [4.69, 9.17) is 0 Å². The summed E-state index contributed by atoms with van der Waals surface area (Å²) in [4.78, 5) is 10.3. The van der Waals surface area contributed by atoms with Crippen LogP contribution in [-0.2, 0) is 13.1 Å². The van der Waals surface area contributed by atoms with Crippen LogP contribution in [0.4, 0.5) is 0 Å². The van der Waals surface area contributed by atoms with Gasteiger partial charge in [0.1, 0.15) is 0 Å². The second-order valence-electron chi connectivity index (χ2n) is 4.18. The van der Waals surface area contributed by atoms with Crippen molar-refractivity contribution in [3.63, 3.8) is 0 Å². The van der Waals surface area contributed by atoms with E-state index in [2.05, 4.69) is 42.7 Å². The second-order valence-corrected chi connectivity index (χ2v) is 6.10. The third kappa shape index (κ3) is 3.18. The van der Waals surface area contributed by atoms with Gasteiger partial charge in [-0.15, -0.1) is 11.3 Å². The van der Waals surface area contributed by atoms with Gasteiger partial charge in [0.25, 0.3) is 0 Å². The van der Waals surface area contributed by atoms with Crippen molar-refractivity contribution in [2.45, 2.75) is 13.1 Å². The van der Waals surface area contributed by atoms with Gasteiger partial charge in [-0.25, -0.2) is 4.98 Å². The number of thiophene rings is 1. The van der Waals surface area contributed by atoms with Crippen LogP contribution in [0.15, 0.2) is 46.4 Å². The molecule has 0 saturated carbocycles. The van der Waals surface area contributed by atoms with Gasteiger partial charge in [0.2, 0.25) is 0 Å². The number of hydrogen-bond acceptors (Lipinski definition) is 4. The van der Waals surface area contributed by atoms with Gasteiger partial charge in [0, 0.05) is 27.8 Å². The van der Waals surface area contributed by atoms with Crippen molar-refractivity contribution >= 4 is 38.3 Å². The molecular formula is C14H12BrN3S. The molecule has 1 N–H and O–H groups in total. The zero-order chi connectivity index (χ0) is 13.1. The molecule has 0 aliphatic carbocycles. The molecule has 2 heterocycles. The van der Waals surface area contributed by atoms with Crippen molar-refractivity contribution < 1.29 is 0 Å². The van der Waals surface area contributed by atoms with Crippen molar-refractivity contribution in [2.24, 2.45) is 0 Å². The van der Waals surface area contributed by atoms with Gasteiger partial charge in [-0.2, -0.15) is 0 Å². The van der Waals surface area contributed by atoms with Crippen molar-refractivity contribution in [1.29, 1.82) is 0 Å². The molecule has 96 valence electrons. The molecule has 3 nitrogen and oxygen atoms in total. The Morgan fingerprint density at radius 1 is 1.16 bits per heavy atom. The minimum absolute atomic E-state index is 0.730. The molecule has 0 radical (unpaired) electrons. The lowest BCUT2D eigenvalue weighted by Gasteiger charge is -2.03. The molecule has 3 aromatic rings. The van der Waals surface area contributed by atoms with Gasteiger partial charge in [-0.3, -0.25) is 4.98 Å². The van der Waals surface area contributed by atoms with E-state index in [1.165, 1.54) is 4.88 Å². The van der Waals surface area contributed by atoms with Gasteiger partial charge in [-0.05, 0) is 34.1 Å². The van der Waals surface area contributed by atoms with E-state index in [-0.39, 0.29) is 0 Å². The smallest absolute Gasteiger partial charge is 0.0890 e. The molecule has 1 aromatic carbocycles. The minimum Gasteiger partial charge on any atom is -0.306 e. The molecule has 0 aliphatic heterocycles. The van der Waals surface area contributed by atoms with Crippen LogP contribution in [-0.4, -0.2) is 9.97 Å². The van der Waals surface area contributed by atoms with Gasteiger partial charge in [-0.1, -0.05) is 12.1 Å². The highest BCUT2D eigenvalue weighted by Gasteiger charge is 2.00. The van der Waals surface area contributed by atoms with Crippen LogP contribution in [0.1, 0.15) is 10.6 Å². The second kappa shape index (κ2) is 5.77. The Morgan fingerprint density at radius 3 is 2.79 bits per heavy atom. The Bertz CT molecular complexity index is 696. The number of hydrogen-bond donors (Lipinski definition) is 1. The normalized spacial score (nSPS) is 11.0. The van der Waals surface area contributed by atoms with Crippen LogP contribution in [0.5, 0.6) is 0 Å². The first-order chi connectivity index (χ1) is 9.31. The Hall–Kier alpha value is -1.30. The van der Waals surface area contributed by atoms with Gasteiger partial charge < -0.3 is 5.32 Å². The molecule has 3 rings (SSSR count). The molecule has 0 aliphatic rings. The summed E-state index contributed by atoms with van der Waals surface area (Å²) in [6, 6.07) is 10.1. The fourth-order valence-electron chi connectivity index (χ4n) is 1.84. The number of fused-ring (bicyclic) bond motifs is 1. The number of aromatic nitrogens is 2. The van der Waals surface area contributed by atoms with E-state index in [0.29, 0.717) is 0 Å². The molecule has 0 unspecified atom stereocenters. The largest absolute Gasteiger partial charge is 0.306 e. The number of nitrogens with zero attached hydrogens (tertiary/aromatic N) is 2. The lowest BCUT2D eigenvalue weighted by molar-refractivity contribution is 0.686. The van der Waals surface area contributed by atoms with E-state index in [1.807, 2.05) is 30.5 Å². The Balaban J connectivity index is 1.65. The molecule has 5 heteroatoms. The summed E-state index contributed by atoms with van der Waals surface area (Å²) >= 11 is 5.20. The zero-order valence-corrected chi connectivity index (χ0v) is 12.5. The highest BCUT2D eigenvalue weighted by molar-refractivity contribution is 9.10. The highest BCUT2D eigenvalue weighted by atomic mass is 79.9. The fourth-order valence-corrected chi connectivity index (χ4v) is 3.26. The van der Waals surface area contributed by atoms with E-state index >= 15 is 0 Å². The quantitative estimate of drug-likeness (QED) is 0.790. The summed E-state index contributed by atoms with van der Waals surface area (Å²) in [5.74, 6) is 0. The van der Waals surface area contributed by atoms with Crippen LogP contribution in [0.3, 0.4) is 0 Å². The van der Waals surface area contributed by atoms with Gasteiger partial charge >= 0.3 is 0 Å². The van der Waals surface area contributed by atoms with Crippen LogP contribution >= 0.6 is 27.3 Å². The summed E-state index contributed by atoms with van der Waals surface area (Å²) < 4.78 is 1.14.